The first kappa shape index (κ1) is 24.5. The van der Waals surface area contributed by atoms with Crippen molar-refractivity contribution >= 4 is 16.7 Å². The Balaban J connectivity index is 1.63. The number of amides is 1. The molecule has 0 bridgehead atoms. The fourth-order valence-corrected chi connectivity index (χ4v) is 6.14. The van der Waals surface area contributed by atoms with Gasteiger partial charge in [0.05, 0.1) is 6.61 Å². The van der Waals surface area contributed by atoms with Gasteiger partial charge in [-0.3, -0.25) is 9.59 Å². The quantitative estimate of drug-likeness (QED) is 0.394. The molecule has 0 unspecified atom stereocenters. The molecule has 1 aromatic heterocycles. The third kappa shape index (κ3) is 4.31. The Morgan fingerprint density at radius 2 is 1.78 bits per heavy atom. The predicted octanol–water partition coefficient (Wildman–Crippen LogP) is 5.49. The van der Waals surface area contributed by atoms with Crippen molar-refractivity contribution in [1.82, 2.24) is 14.5 Å². The van der Waals surface area contributed by atoms with Crippen LogP contribution in [0.25, 0.3) is 10.8 Å². The van der Waals surface area contributed by atoms with Crippen LogP contribution in [0.1, 0.15) is 81.2 Å². The van der Waals surface area contributed by atoms with Crippen molar-refractivity contribution in [2.24, 2.45) is 0 Å². The Labute approximate surface area is 213 Å². The van der Waals surface area contributed by atoms with Crippen LogP contribution in [0.15, 0.2) is 47.3 Å². The summed E-state index contributed by atoms with van der Waals surface area (Å²) in [5, 5.41) is 2.50. The van der Waals surface area contributed by atoms with Crippen molar-refractivity contribution < 1.29 is 9.53 Å². The summed E-state index contributed by atoms with van der Waals surface area (Å²) in [6, 6.07) is 15.1. The second-order valence-electron chi connectivity index (χ2n) is 10.6. The Morgan fingerprint density at radius 1 is 1.03 bits per heavy atom. The van der Waals surface area contributed by atoms with Gasteiger partial charge in [-0.25, -0.2) is 0 Å². The molecule has 1 fully saturated rings. The number of aromatic nitrogens is 2. The van der Waals surface area contributed by atoms with Crippen molar-refractivity contribution in [3.63, 3.8) is 0 Å². The maximum absolute atomic E-state index is 13.6. The van der Waals surface area contributed by atoms with Crippen LogP contribution in [0.2, 0.25) is 0 Å². The van der Waals surface area contributed by atoms with Crippen LogP contribution in [0.3, 0.4) is 0 Å². The van der Waals surface area contributed by atoms with E-state index < -0.39 is 5.56 Å². The van der Waals surface area contributed by atoms with Crippen LogP contribution < -0.4 is 10.3 Å². The number of fused-ring (bicyclic) bond motifs is 2. The fourth-order valence-electron chi connectivity index (χ4n) is 6.14. The van der Waals surface area contributed by atoms with Crippen LogP contribution >= 0.6 is 0 Å². The summed E-state index contributed by atoms with van der Waals surface area (Å²) >= 11 is 0. The minimum Gasteiger partial charge on any atom is -0.486 e. The normalized spacial score (nSPS) is 17.1. The van der Waals surface area contributed by atoms with Gasteiger partial charge in [0.1, 0.15) is 5.82 Å². The number of carbonyl (C=O) groups excluding carboxylic acids is 1. The third-order valence-electron chi connectivity index (χ3n) is 8.04. The van der Waals surface area contributed by atoms with Gasteiger partial charge in [0, 0.05) is 31.0 Å². The standard InChI is InChI=1S/C30H37N3O3/c1-4-5-19-36-27-26-29(35)32(21(2)3)17-18-33(26)25(31-28(27)34)20-30(15-8-9-16-30)24-14-10-12-22-11-6-7-13-23(22)24/h6-7,10-14,21H,4-5,8-9,15-20H2,1-3H3. The smallest absolute Gasteiger partial charge is 0.316 e. The zero-order chi connectivity index (χ0) is 25.3. The summed E-state index contributed by atoms with van der Waals surface area (Å²) in [6.07, 6.45) is 6.83. The Morgan fingerprint density at radius 3 is 2.53 bits per heavy atom. The summed E-state index contributed by atoms with van der Waals surface area (Å²) < 4.78 is 7.92. The van der Waals surface area contributed by atoms with Crippen LogP contribution in [0.4, 0.5) is 0 Å². The summed E-state index contributed by atoms with van der Waals surface area (Å²) in [7, 11) is 0. The van der Waals surface area contributed by atoms with E-state index in [1.807, 2.05) is 23.3 Å². The number of hydrogen-bond donors (Lipinski definition) is 0. The van der Waals surface area contributed by atoms with Gasteiger partial charge in [-0.05, 0) is 49.4 Å². The molecule has 190 valence electrons. The zero-order valence-electron chi connectivity index (χ0n) is 21.8. The molecule has 0 atom stereocenters. The number of rotatable bonds is 8. The lowest BCUT2D eigenvalue weighted by molar-refractivity contribution is 0.0634. The van der Waals surface area contributed by atoms with Crippen LogP contribution in [-0.2, 0) is 18.4 Å². The van der Waals surface area contributed by atoms with E-state index in [9.17, 15) is 9.59 Å². The topological polar surface area (TPSA) is 64.4 Å². The van der Waals surface area contributed by atoms with E-state index in [1.54, 1.807) is 0 Å². The van der Waals surface area contributed by atoms with E-state index in [4.69, 9.17) is 4.74 Å². The average molecular weight is 488 g/mol. The number of nitrogens with zero attached hydrogens (tertiary/aromatic N) is 3. The van der Waals surface area contributed by atoms with Gasteiger partial charge in [-0.1, -0.05) is 68.7 Å². The molecule has 2 heterocycles. The molecule has 0 radical (unpaired) electrons. The second-order valence-corrected chi connectivity index (χ2v) is 10.6. The number of ether oxygens (including phenoxy) is 1. The highest BCUT2D eigenvalue weighted by molar-refractivity contribution is 5.96. The molecule has 1 aliphatic heterocycles. The van der Waals surface area contributed by atoms with E-state index >= 15 is 0 Å². The molecule has 6 nitrogen and oxygen atoms in total. The Kier molecular flexibility index (Phi) is 6.87. The fraction of sp³-hybridized carbons (Fsp3) is 0.500. The predicted molar refractivity (Wildman–Crippen MR) is 143 cm³/mol. The van der Waals surface area contributed by atoms with Crippen molar-refractivity contribution in [3.05, 3.63) is 69.9 Å². The molecule has 5 rings (SSSR count). The molecular weight excluding hydrogens is 450 g/mol. The molecule has 1 saturated carbocycles. The monoisotopic (exact) mass is 487 g/mol. The van der Waals surface area contributed by atoms with Gasteiger partial charge in [-0.2, -0.15) is 4.98 Å². The van der Waals surface area contributed by atoms with E-state index in [-0.39, 0.29) is 23.1 Å². The highest BCUT2D eigenvalue weighted by Crippen LogP contribution is 2.46. The van der Waals surface area contributed by atoms with Gasteiger partial charge in [-0.15, -0.1) is 0 Å². The summed E-state index contributed by atoms with van der Waals surface area (Å²) in [5.41, 5.74) is 1.18. The molecule has 0 spiro atoms. The first-order valence-electron chi connectivity index (χ1n) is 13.5. The molecule has 0 saturated heterocycles. The summed E-state index contributed by atoms with van der Waals surface area (Å²) in [6.45, 7) is 7.74. The molecule has 3 aromatic rings. The first-order valence-corrected chi connectivity index (χ1v) is 13.5. The molecule has 0 N–H and O–H groups in total. The van der Waals surface area contributed by atoms with Crippen molar-refractivity contribution in [2.45, 2.75) is 83.7 Å². The molecule has 1 amide bonds. The van der Waals surface area contributed by atoms with E-state index in [1.165, 1.54) is 16.3 Å². The number of hydrogen-bond acceptors (Lipinski definition) is 4. The van der Waals surface area contributed by atoms with E-state index in [0.29, 0.717) is 37.6 Å². The summed E-state index contributed by atoms with van der Waals surface area (Å²) in [4.78, 5) is 33.4. The SMILES string of the molecule is CCCCOc1c2n(c(CC3(c4cccc5ccccc45)CCCC3)nc1=O)CCN(C(C)C)C2=O. The summed E-state index contributed by atoms with van der Waals surface area (Å²) in [5.74, 6) is 0.701. The van der Waals surface area contributed by atoms with Crippen molar-refractivity contribution in [1.29, 1.82) is 0 Å². The van der Waals surface area contributed by atoms with E-state index in [0.717, 1.165) is 38.5 Å². The van der Waals surface area contributed by atoms with E-state index in [2.05, 4.69) is 54.4 Å². The van der Waals surface area contributed by atoms with Crippen LogP contribution in [-0.4, -0.2) is 39.6 Å². The first-order chi connectivity index (χ1) is 17.4. The Hall–Kier alpha value is -3.15. The van der Waals surface area contributed by atoms with Gasteiger partial charge < -0.3 is 14.2 Å². The minimum absolute atomic E-state index is 0.0540. The van der Waals surface area contributed by atoms with Crippen LogP contribution in [0.5, 0.6) is 5.75 Å². The lowest BCUT2D eigenvalue weighted by Crippen LogP contribution is -2.47. The maximum Gasteiger partial charge on any atom is 0.316 e. The van der Waals surface area contributed by atoms with Crippen LogP contribution in [0, 0.1) is 0 Å². The average Bonchev–Trinajstić information content (AvgIpc) is 3.35. The van der Waals surface area contributed by atoms with Crippen molar-refractivity contribution in [2.75, 3.05) is 13.2 Å². The van der Waals surface area contributed by atoms with Gasteiger partial charge in [0.2, 0.25) is 5.75 Å². The lowest BCUT2D eigenvalue weighted by atomic mass is 9.74. The molecule has 2 aliphatic rings. The van der Waals surface area contributed by atoms with Gasteiger partial charge >= 0.3 is 5.56 Å². The lowest BCUT2D eigenvalue weighted by Gasteiger charge is -2.36. The number of carbonyl (C=O) groups is 1. The zero-order valence-corrected chi connectivity index (χ0v) is 21.8. The molecule has 6 heteroatoms. The molecule has 1 aliphatic carbocycles. The minimum atomic E-state index is -0.419. The number of unbranched alkanes of at least 4 members (excludes halogenated alkanes) is 1. The molecular formula is C30H37N3O3. The van der Waals surface area contributed by atoms with Gasteiger partial charge in [0.25, 0.3) is 5.91 Å². The highest BCUT2D eigenvalue weighted by atomic mass is 16.5. The third-order valence-corrected chi connectivity index (χ3v) is 8.04. The number of benzene rings is 2. The molecule has 36 heavy (non-hydrogen) atoms. The largest absolute Gasteiger partial charge is 0.486 e. The second kappa shape index (κ2) is 10.1. The molecule has 2 aromatic carbocycles. The maximum atomic E-state index is 13.6. The van der Waals surface area contributed by atoms with Gasteiger partial charge in [0.15, 0.2) is 5.69 Å². The highest BCUT2D eigenvalue weighted by Gasteiger charge is 2.40. The Bertz CT molecular complexity index is 1320. The van der Waals surface area contributed by atoms with Crippen molar-refractivity contribution in [3.8, 4) is 5.75 Å².